The summed E-state index contributed by atoms with van der Waals surface area (Å²) < 4.78 is 5.47. The number of allylic oxidation sites excluding steroid dienone is 5. The molecule has 0 fully saturated rings. The Kier molecular flexibility index (Phi) is 56.0. The molecule has 0 aromatic heterocycles. The summed E-state index contributed by atoms with van der Waals surface area (Å²) in [5.74, 6) is -0.0732. The molecule has 0 rings (SSSR count). The average Bonchev–Trinajstić information content (AvgIpc) is 3.34. The van der Waals surface area contributed by atoms with Gasteiger partial charge in [-0.2, -0.15) is 0 Å². The zero-order valence-electron chi connectivity index (χ0n) is 45.6. The van der Waals surface area contributed by atoms with Crippen molar-refractivity contribution in [3.8, 4) is 0 Å². The van der Waals surface area contributed by atoms with E-state index < -0.39 is 12.1 Å². The molecule has 0 heterocycles. The molecular formula is C62H117NO5. The highest BCUT2D eigenvalue weighted by molar-refractivity contribution is 5.76. The number of aliphatic hydroxyl groups excluding tert-OH is 2. The minimum absolute atomic E-state index is 0.00472. The van der Waals surface area contributed by atoms with Crippen molar-refractivity contribution < 1.29 is 24.5 Å². The van der Waals surface area contributed by atoms with E-state index in [1.807, 2.05) is 6.08 Å². The van der Waals surface area contributed by atoms with Gasteiger partial charge in [0.25, 0.3) is 0 Å². The summed E-state index contributed by atoms with van der Waals surface area (Å²) in [6.45, 7) is 4.87. The van der Waals surface area contributed by atoms with Crippen molar-refractivity contribution >= 4 is 11.9 Å². The highest BCUT2D eigenvalue weighted by atomic mass is 16.5. The Morgan fingerprint density at radius 1 is 0.412 bits per heavy atom. The second-order valence-corrected chi connectivity index (χ2v) is 20.7. The summed E-state index contributed by atoms with van der Waals surface area (Å²) in [6.07, 6.45) is 71.7. The lowest BCUT2D eigenvalue weighted by atomic mass is 10.0. The number of carbonyl (C=O) groups excluding carboxylic acids is 2. The Balaban J connectivity index is 3.43. The summed E-state index contributed by atoms with van der Waals surface area (Å²) in [7, 11) is 0. The number of esters is 1. The van der Waals surface area contributed by atoms with E-state index in [0.717, 1.165) is 51.4 Å². The highest BCUT2D eigenvalue weighted by Gasteiger charge is 2.18. The molecule has 0 aliphatic rings. The van der Waals surface area contributed by atoms with Crippen molar-refractivity contribution in [1.29, 1.82) is 0 Å². The summed E-state index contributed by atoms with van der Waals surface area (Å²) >= 11 is 0. The largest absolute Gasteiger partial charge is 0.466 e. The second-order valence-electron chi connectivity index (χ2n) is 20.7. The molecule has 2 atom stereocenters. The van der Waals surface area contributed by atoms with Gasteiger partial charge in [-0.25, -0.2) is 0 Å². The monoisotopic (exact) mass is 956 g/mol. The fourth-order valence-corrected chi connectivity index (χ4v) is 9.24. The number of unbranched alkanes of at least 4 members (excludes halogenated alkanes) is 41. The molecule has 6 heteroatoms. The third kappa shape index (κ3) is 53.4. The first-order chi connectivity index (χ1) is 33.5. The number of carbonyl (C=O) groups is 2. The molecule has 6 nitrogen and oxygen atoms in total. The molecular weight excluding hydrogens is 839 g/mol. The molecule has 0 saturated heterocycles. The van der Waals surface area contributed by atoms with Crippen LogP contribution in [0.3, 0.4) is 0 Å². The Morgan fingerprint density at radius 3 is 1.16 bits per heavy atom. The Hall–Kier alpha value is -1.92. The number of hydrogen-bond donors (Lipinski definition) is 3. The molecule has 1 amide bonds. The van der Waals surface area contributed by atoms with Crippen molar-refractivity contribution in [1.82, 2.24) is 5.32 Å². The van der Waals surface area contributed by atoms with Crippen molar-refractivity contribution in [2.24, 2.45) is 0 Å². The Morgan fingerprint density at radius 2 is 0.750 bits per heavy atom. The molecule has 0 aromatic carbocycles. The molecule has 0 bridgehead atoms. The van der Waals surface area contributed by atoms with E-state index >= 15 is 0 Å². The zero-order valence-corrected chi connectivity index (χ0v) is 45.6. The highest BCUT2D eigenvalue weighted by Crippen LogP contribution is 2.17. The molecule has 0 aromatic rings. The molecule has 0 aliphatic heterocycles. The van der Waals surface area contributed by atoms with Crippen molar-refractivity contribution in [2.75, 3.05) is 13.2 Å². The lowest BCUT2D eigenvalue weighted by Gasteiger charge is -2.20. The van der Waals surface area contributed by atoms with E-state index in [2.05, 4.69) is 43.5 Å². The van der Waals surface area contributed by atoms with Crippen LogP contribution < -0.4 is 5.32 Å². The van der Waals surface area contributed by atoms with Gasteiger partial charge in [-0.05, 0) is 57.8 Å². The van der Waals surface area contributed by atoms with Crippen LogP contribution in [0.4, 0.5) is 0 Å². The van der Waals surface area contributed by atoms with Crippen LogP contribution in [0.25, 0.3) is 0 Å². The molecule has 68 heavy (non-hydrogen) atoms. The topological polar surface area (TPSA) is 95.9 Å². The van der Waals surface area contributed by atoms with E-state index in [1.54, 1.807) is 6.08 Å². The fraction of sp³-hybridized carbons (Fsp3) is 0.871. The molecule has 0 spiro atoms. The first kappa shape index (κ1) is 66.1. The van der Waals surface area contributed by atoms with Gasteiger partial charge in [0, 0.05) is 12.8 Å². The first-order valence-electron chi connectivity index (χ1n) is 30.3. The number of hydrogen-bond acceptors (Lipinski definition) is 5. The SMILES string of the molecule is CCCC/C=C\C/C=C\CCCCCCCC(=O)OCCCCCCCCCCCCCCCCCCCCCCC(=O)NC(CO)C(O)/C=C/CCCCCCCCCCCCCCCCC. The smallest absolute Gasteiger partial charge is 0.305 e. The van der Waals surface area contributed by atoms with Gasteiger partial charge in [-0.15, -0.1) is 0 Å². The van der Waals surface area contributed by atoms with Gasteiger partial charge in [0.2, 0.25) is 5.91 Å². The third-order valence-electron chi connectivity index (χ3n) is 13.9. The van der Waals surface area contributed by atoms with Crippen LogP contribution in [-0.2, 0) is 14.3 Å². The van der Waals surface area contributed by atoms with E-state index in [4.69, 9.17) is 4.74 Å². The van der Waals surface area contributed by atoms with E-state index in [-0.39, 0.29) is 18.5 Å². The maximum absolute atomic E-state index is 12.5. The van der Waals surface area contributed by atoms with Gasteiger partial charge in [0.15, 0.2) is 0 Å². The minimum Gasteiger partial charge on any atom is -0.466 e. The molecule has 2 unspecified atom stereocenters. The predicted octanol–water partition coefficient (Wildman–Crippen LogP) is 18.8. The Bertz CT molecular complexity index is 1100. The minimum atomic E-state index is -0.846. The van der Waals surface area contributed by atoms with Gasteiger partial charge in [-0.3, -0.25) is 9.59 Å². The molecule has 400 valence electrons. The Labute approximate surface area is 424 Å². The van der Waals surface area contributed by atoms with Crippen LogP contribution in [-0.4, -0.2) is 47.4 Å². The van der Waals surface area contributed by atoms with Crippen molar-refractivity contribution in [3.05, 3.63) is 36.5 Å². The molecule has 0 aliphatic carbocycles. The van der Waals surface area contributed by atoms with E-state index in [1.165, 1.54) is 244 Å². The maximum atomic E-state index is 12.5. The summed E-state index contributed by atoms with van der Waals surface area (Å²) in [5, 5.41) is 23.2. The van der Waals surface area contributed by atoms with Gasteiger partial charge in [-0.1, -0.05) is 288 Å². The average molecular weight is 957 g/mol. The van der Waals surface area contributed by atoms with Crippen molar-refractivity contribution in [3.63, 3.8) is 0 Å². The predicted molar refractivity (Wildman–Crippen MR) is 296 cm³/mol. The molecule has 0 saturated carbocycles. The summed E-state index contributed by atoms with van der Waals surface area (Å²) in [5.41, 5.74) is 0. The van der Waals surface area contributed by atoms with Crippen LogP contribution in [0.1, 0.15) is 322 Å². The molecule has 3 N–H and O–H groups in total. The van der Waals surface area contributed by atoms with Gasteiger partial charge in [0.05, 0.1) is 25.4 Å². The van der Waals surface area contributed by atoms with Crippen LogP contribution in [0.15, 0.2) is 36.5 Å². The van der Waals surface area contributed by atoms with E-state index in [0.29, 0.717) is 19.4 Å². The number of rotatable bonds is 56. The summed E-state index contributed by atoms with van der Waals surface area (Å²) in [6, 6.07) is -0.630. The number of aliphatic hydroxyl groups is 2. The van der Waals surface area contributed by atoms with Gasteiger partial charge >= 0.3 is 5.97 Å². The fourth-order valence-electron chi connectivity index (χ4n) is 9.24. The number of amides is 1. The van der Waals surface area contributed by atoms with Crippen molar-refractivity contribution in [2.45, 2.75) is 334 Å². The van der Waals surface area contributed by atoms with E-state index in [9.17, 15) is 19.8 Å². The van der Waals surface area contributed by atoms with Gasteiger partial charge < -0.3 is 20.3 Å². The standard InChI is InChI=1S/C62H117NO5/c1-3-5-7-9-11-13-15-17-19-24-27-30-34-38-42-46-50-54-60(65)59(58-64)63-61(66)55-51-47-43-39-35-31-28-25-22-20-21-23-26-29-33-37-41-45-49-53-57-68-62(67)56-52-48-44-40-36-32-18-16-14-12-10-8-6-4-2/h10,12,16,18,50,54,59-60,64-65H,3-9,11,13-15,17,19-49,51-53,55-58H2,1-2H3,(H,63,66)/b12-10-,18-16-,54-50+. The van der Waals surface area contributed by atoms with Gasteiger partial charge in [0.1, 0.15) is 0 Å². The third-order valence-corrected chi connectivity index (χ3v) is 13.9. The first-order valence-corrected chi connectivity index (χ1v) is 30.3. The van der Waals surface area contributed by atoms with Crippen LogP contribution in [0.2, 0.25) is 0 Å². The van der Waals surface area contributed by atoms with Crippen LogP contribution in [0, 0.1) is 0 Å². The quantitative estimate of drug-likeness (QED) is 0.0321. The van der Waals surface area contributed by atoms with Crippen LogP contribution in [0.5, 0.6) is 0 Å². The van der Waals surface area contributed by atoms with Crippen LogP contribution >= 0.6 is 0 Å². The lowest BCUT2D eigenvalue weighted by Crippen LogP contribution is -2.45. The summed E-state index contributed by atoms with van der Waals surface area (Å²) in [4.78, 5) is 24.5. The number of nitrogens with one attached hydrogen (secondary N) is 1. The maximum Gasteiger partial charge on any atom is 0.305 e. The second kappa shape index (κ2) is 57.7. The normalized spacial score (nSPS) is 12.8. The zero-order chi connectivity index (χ0) is 49.3. The molecule has 0 radical (unpaired) electrons. The lowest BCUT2D eigenvalue weighted by molar-refractivity contribution is -0.143. The number of ether oxygens (including phenoxy) is 1.